The van der Waals surface area contributed by atoms with Gasteiger partial charge < -0.3 is 4.74 Å². The van der Waals surface area contributed by atoms with Gasteiger partial charge in [-0.1, -0.05) is 15.9 Å². The van der Waals surface area contributed by atoms with Crippen molar-refractivity contribution in [2.24, 2.45) is 0 Å². The maximum absolute atomic E-state index is 5.20. The van der Waals surface area contributed by atoms with Gasteiger partial charge in [0, 0.05) is 19.9 Å². The second-order valence-corrected chi connectivity index (χ2v) is 4.27. The molecule has 12 heavy (non-hydrogen) atoms. The molecule has 0 spiro atoms. The van der Waals surface area contributed by atoms with Crippen LogP contribution in [0.15, 0.2) is 28.1 Å². The largest absolute Gasteiger partial charge is 0.495 e. The number of benzene rings is 1. The number of rotatable bonds is 1. The van der Waals surface area contributed by atoms with Gasteiger partial charge in [0.15, 0.2) is 0 Å². The molecular weight excluding hydrogens is 236 g/mol. The van der Waals surface area contributed by atoms with Crippen molar-refractivity contribution < 1.29 is 4.74 Å². The molecular formula is C9H7BrOS. The van der Waals surface area contributed by atoms with E-state index in [0.29, 0.717) is 0 Å². The van der Waals surface area contributed by atoms with E-state index < -0.39 is 0 Å². The van der Waals surface area contributed by atoms with Crippen LogP contribution < -0.4 is 4.74 Å². The molecule has 1 heterocycles. The lowest BCUT2D eigenvalue weighted by molar-refractivity contribution is 0.421. The van der Waals surface area contributed by atoms with Gasteiger partial charge in [-0.3, -0.25) is 0 Å². The summed E-state index contributed by atoms with van der Waals surface area (Å²) in [7, 11) is 1.70. The van der Waals surface area contributed by atoms with Crippen LogP contribution in [0.25, 0.3) is 10.1 Å². The maximum atomic E-state index is 5.20. The Balaban J connectivity index is 2.73. The summed E-state index contributed by atoms with van der Waals surface area (Å²) in [6.07, 6.45) is 0. The molecule has 1 aromatic heterocycles. The Kier molecular flexibility index (Phi) is 2.07. The van der Waals surface area contributed by atoms with Crippen LogP contribution in [0.4, 0.5) is 0 Å². The van der Waals surface area contributed by atoms with Gasteiger partial charge in [-0.25, -0.2) is 0 Å². The molecule has 2 aromatic rings. The van der Waals surface area contributed by atoms with Gasteiger partial charge in [0.05, 0.1) is 7.11 Å². The number of methoxy groups -OCH3 is 1. The fourth-order valence-corrected chi connectivity index (χ4v) is 2.60. The maximum Gasteiger partial charge on any atom is 0.137 e. The lowest BCUT2D eigenvalue weighted by Gasteiger charge is -1.95. The molecule has 0 bridgehead atoms. The van der Waals surface area contributed by atoms with Crippen molar-refractivity contribution >= 4 is 37.4 Å². The highest BCUT2D eigenvalue weighted by atomic mass is 79.9. The van der Waals surface area contributed by atoms with Gasteiger partial charge in [-0.2, -0.15) is 0 Å². The zero-order valence-corrected chi connectivity index (χ0v) is 8.91. The summed E-state index contributed by atoms with van der Waals surface area (Å²) in [5.74, 6) is 0.961. The van der Waals surface area contributed by atoms with E-state index in [1.165, 1.54) is 10.1 Å². The minimum Gasteiger partial charge on any atom is -0.495 e. The standard InChI is InChI=1S/C9H7BrOS/c1-11-8-5-12-9-4-6(10)2-3-7(8)9/h2-5H,1H3. The summed E-state index contributed by atoms with van der Waals surface area (Å²) >= 11 is 5.13. The van der Waals surface area contributed by atoms with Crippen LogP contribution in [0.5, 0.6) is 5.75 Å². The quantitative estimate of drug-likeness (QED) is 0.742. The molecule has 0 atom stereocenters. The molecule has 0 aliphatic rings. The highest BCUT2D eigenvalue weighted by molar-refractivity contribution is 9.10. The molecule has 2 rings (SSSR count). The van der Waals surface area contributed by atoms with E-state index in [2.05, 4.69) is 28.1 Å². The number of hydrogen-bond donors (Lipinski definition) is 0. The van der Waals surface area contributed by atoms with E-state index in [1.807, 2.05) is 11.4 Å². The molecule has 0 unspecified atom stereocenters. The number of fused-ring (bicyclic) bond motifs is 1. The lowest BCUT2D eigenvalue weighted by atomic mass is 10.2. The highest BCUT2D eigenvalue weighted by Gasteiger charge is 2.02. The van der Waals surface area contributed by atoms with Crippen LogP contribution >= 0.6 is 27.3 Å². The van der Waals surface area contributed by atoms with Crippen LogP contribution in [0.1, 0.15) is 0 Å². The Labute approximate surface area is 83.1 Å². The Hall–Kier alpha value is -0.540. The molecule has 0 saturated heterocycles. The van der Waals surface area contributed by atoms with Crippen molar-refractivity contribution in [3.63, 3.8) is 0 Å². The third-order valence-corrected chi connectivity index (χ3v) is 3.14. The first-order chi connectivity index (χ1) is 5.81. The first-order valence-corrected chi connectivity index (χ1v) is 5.19. The van der Waals surface area contributed by atoms with Gasteiger partial charge in [0.25, 0.3) is 0 Å². The van der Waals surface area contributed by atoms with Crippen molar-refractivity contribution in [3.8, 4) is 5.75 Å². The van der Waals surface area contributed by atoms with Crippen molar-refractivity contribution in [3.05, 3.63) is 28.1 Å². The smallest absolute Gasteiger partial charge is 0.137 e. The van der Waals surface area contributed by atoms with Crippen LogP contribution in [0.2, 0.25) is 0 Å². The topological polar surface area (TPSA) is 9.23 Å². The molecule has 1 nitrogen and oxygen atoms in total. The first kappa shape index (κ1) is 8.08. The van der Waals surface area contributed by atoms with Crippen molar-refractivity contribution in [1.82, 2.24) is 0 Å². The predicted molar refractivity (Wildman–Crippen MR) is 56.1 cm³/mol. The van der Waals surface area contributed by atoms with Crippen molar-refractivity contribution in [2.75, 3.05) is 7.11 Å². The first-order valence-electron chi connectivity index (χ1n) is 3.52. The molecule has 0 fully saturated rings. The van der Waals surface area contributed by atoms with E-state index >= 15 is 0 Å². The average Bonchev–Trinajstić information content (AvgIpc) is 2.46. The molecule has 0 aliphatic heterocycles. The summed E-state index contributed by atoms with van der Waals surface area (Å²) in [6, 6.07) is 6.19. The molecule has 62 valence electrons. The fourth-order valence-electron chi connectivity index (χ4n) is 1.14. The number of thiophene rings is 1. The summed E-state index contributed by atoms with van der Waals surface area (Å²) in [4.78, 5) is 0. The molecule has 3 heteroatoms. The molecule has 0 saturated carbocycles. The van der Waals surface area contributed by atoms with Gasteiger partial charge in [-0.15, -0.1) is 11.3 Å². The van der Waals surface area contributed by atoms with Gasteiger partial charge >= 0.3 is 0 Å². The third-order valence-electron chi connectivity index (χ3n) is 1.72. The van der Waals surface area contributed by atoms with E-state index in [9.17, 15) is 0 Å². The van der Waals surface area contributed by atoms with Crippen molar-refractivity contribution in [1.29, 1.82) is 0 Å². The summed E-state index contributed by atoms with van der Waals surface area (Å²) in [6.45, 7) is 0. The number of hydrogen-bond acceptors (Lipinski definition) is 2. The summed E-state index contributed by atoms with van der Waals surface area (Å²) in [5, 5.41) is 3.21. The van der Waals surface area contributed by atoms with Crippen LogP contribution in [0, 0.1) is 0 Å². The Bertz CT molecular complexity index is 408. The van der Waals surface area contributed by atoms with E-state index in [0.717, 1.165) is 10.2 Å². The SMILES string of the molecule is COc1csc2cc(Br)ccc12. The van der Waals surface area contributed by atoms with Crippen LogP contribution in [0.3, 0.4) is 0 Å². The van der Waals surface area contributed by atoms with E-state index in [4.69, 9.17) is 4.74 Å². The van der Waals surface area contributed by atoms with E-state index in [1.54, 1.807) is 18.4 Å². The van der Waals surface area contributed by atoms with Crippen molar-refractivity contribution in [2.45, 2.75) is 0 Å². The zero-order chi connectivity index (χ0) is 8.55. The Morgan fingerprint density at radius 3 is 3.00 bits per heavy atom. The lowest BCUT2D eigenvalue weighted by Crippen LogP contribution is -1.78. The second kappa shape index (κ2) is 3.07. The van der Waals surface area contributed by atoms with Gasteiger partial charge in [0.2, 0.25) is 0 Å². The minimum absolute atomic E-state index is 0.961. The number of ether oxygens (including phenoxy) is 1. The zero-order valence-electron chi connectivity index (χ0n) is 6.50. The summed E-state index contributed by atoms with van der Waals surface area (Å²) in [5.41, 5.74) is 0. The molecule has 0 aliphatic carbocycles. The summed E-state index contributed by atoms with van der Waals surface area (Å²) < 4.78 is 7.56. The van der Waals surface area contributed by atoms with E-state index in [-0.39, 0.29) is 0 Å². The fraction of sp³-hybridized carbons (Fsp3) is 0.111. The Morgan fingerprint density at radius 2 is 2.25 bits per heavy atom. The Morgan fingerprint density at radius 1 is 1.42 bits per heavy atom. The third kappa shape index (κ3) is 1.23. The normalized spacial score (nSPS) is 10.5. The number of halogens is 1. The minimum atomic E-state index is 0.961. The predicted octanol–water partition coefficient (Wildman–Crippen LogP) is 3.67. The molecule has 0 amide bonds. The highest BCUT2D eigenvalue weighted by Crippen LogP contribution is 2.33. The van der Waals surface area contributed by atoms with Gasteiger partial charge in [0.1, 0.15) is 5.75 Å². The van der Waals surface area contributed by atoms with Crippen LogP contribution in [-0.2, 0) is 0 Å². The molecule has 1 aromatic carbocycles. The molecule has 0 radical (unpaired) electrons. The molecule has 0 N–H and O–H groups in total. The average molecular weight is 243 g/mol. The van der Waals surface area contributed by atoms with Gasteiger partial charge in [-0.05, 0) is 18.2 Å². The van der Waals surface area contributed by atoms with Crippen LogP contribution in [-0.4, -0.2) is 7.11 Å². The monoisotopic (exact) mass is 242 g/mol. The second-order valence-electron chi connectivity index (χ2n) is 2.44.